The fourth-order valence-electron chi connectivity index (χ4n) is 2.66. The molecule has 1 aliphatic rings. The lowest BCUT2D eigenvalue weighted by molar-refractivity contribution is -0.126. The molecule has 0 bridgehead atoms. The van der Waals surface area contributed by atoms with Crippen LogP contribution in [0.25, 0.3) is 0 Å². The highest BCUT2D eigenvalue weighted by molar-refractivity contribution is 6.00. The maximum atomic E-state index is 12.6. The second-order valence-corrected chi connectivity index (χ2v) is 6.30. The molecule has 2 rings (SSSR count). The SMILES string of the molecule is CC(C)[C@H](N)C(=O)NCC(=O)N1CCCN(C)c2ccccc21. The van der Waals surface area contributed by atoms with E-state index in [1.54, 1.807) is 4.90 Å². The first-order valence-corrected chi connectivity index (χ1v) is 8.05. The van der Waals surface area contributed by atoms with Gasteiger partial charge in [-0.1, -0.05) is 26.0 Å². The molecular formula is C17H26N4O2. The van der Waals surface area contributed by atoms with Crippen molar-refractivity contribution in [3.63, 3.8) is 0 Å². The highest BCUT2D eigenvalue weighted by Crippen LogP contribution is 2.31. The van der Waals surface area contributed by atoms with E-state index in [4.69, 9.17) is 5.73 Å². The molecule has 0 aliphatic carbocycles. The molecule has 1 atom stereocenters. The van der Waals surface area contributed by atoms with E-state index < -0.39 is 6.04 Å². The molecule has 6 nitrogen and oxygen atoms in total. The highest BCUT2D eigenvalue weighted by atomic mass is 16.2. The number of hydrogen-bond acceptors (Lipinski definition) is 4. The zero-order valence-corrected chi connectivity index (χ0v) is 14.1. The lowest BCUT2D eigenvalue weighted by Crippen LogP contribution is -2.48. The Balaban J connectivity index is 2.07. The van der Waals surface area contributed by atoms with Crippen molar-refractivity contribution in [2.45, 2.75) is 26.3 Å². The van der Waals surface area contributed by atoms with E-state index in [1.807, 2.05) is 45.2 Å². The van der Waals surface area contributed by atoms with Crippen molar-refractivity contribution in [1.29, 1.82) is 0 Å². The number of carbonyl (C=O) groups is 2. The first-order chi connectivity index (χ1) is 10.9. The van der Waals surface area contributed by atoms with E-state index in [2.05, 4.69) is 10.2 Å². The molecule has 1 aliphatic heterocycles. The summed E-state index contributed by atoms with van der Waals surface area (Å²) in [5.41, 5.74) is 7.72. The zero-order valence-electron chi connectivity index (χ0n) is 14.1. The van der Waals surface area contributed by atoms with Crippen molar-refractivity contribution < 1.29 is 9.59 Å². The second-order valence-electron chi connectivity index (χ2n) is 6.30. The van der Waals surface area contributed by atoms with Gasteiger partial charge in [0.25, 0.3) is 0 Å². The molecule has 126 valence electrons. The van der Waals surface area contributed by atoms with Crippen LogP contribution in [0.1, 0.15) is 20.3 Å². The van der Waals surface area contributed by atoms with Gasteiger partial charge in [-0.15, -0.1) is 0 Å². The molecule has 0 fully saturated rings. The molecule has 0 saturated heterocycles. The predicted octanol–water partition coefficient (Wildman–Crippen LogP) is 0.959. The Morgan fingerprint density at radius 3 is 2.52 bits per heavy atom. The lowest BCUT2D eigenvalue weighted by Gasteiger charge is -2.24. The van der Waals surface area contributed by atoms with Crippen LogP contribution in [0.15, 0.2) is 24.3 Å². The summed E-state index contributed by atoms with van der Waals surface area (Å²) in [5, 5.41) is 2.65. The van der Waals surface area contributed by atoms with Crippen LogP contribution >= 0.6 is 0 Å². The molecule has 1 aromatic carbocycles. The van der Waals surface area contributed by atoms with Crippen LogP contribution in [0.3, 0.4) is 0 Å². The first kappa shape index (κ1) is 17.3. The lowest BCUT2D eigenvalue weighted by atomic mass is 10.1. The van der Waals surface area contributed by atoms with Crippen molar-refractivity contribution in [2.24, 2.45) is 11.7 Å². The molecule has 6 heteroatoms. The minimum atomic E-state index is -0.592. The van der Waals surface area contributed by atoms with Crippen LogP contribution < -0.4 is 20.9 Å². The molecule has 2 amide bonds. The van der Waals surface area contributed by atoms with Gasteiger partial charge >= 0.3 is 0 Å². The number of rotatable bonds is 4. The number of carbonyl (C=O) groups excluding carboxylic acids is 2. The molecule has 0 radical (unpaired) electrons. The maximum absolute atomic E-state index is 12.6. The number of hydrogen-bond donors (Lipinski definition) is 2. The van der Waals surface area contributed by atoms with Gasteiger partial charge in [-0.3, -0.25) is 9.59 Å². The number of nitrogens with zero attached hydrogens (tertiary/aromatic N) is 2. The summed E-state index contributed by atoms with van der Waals surface area (Å²) in [6.45, 7) is 5.27. The van der Waals surface area contributed by atoms with Crippen molar-refractivity contribution in [1.82, 2.24) is 5.32 Å². The van der Waals surface area contributed by atoms with Crippen LogP contribution in [0, 0.1) is 5.92 Å². The molecule has 3 N–H and O–H groups in total. The van der Waals surface area contributed by atoms with Gasteiger partial charge < -0.3 is 20.9 Å². The van der Waals surface area contributed by atoms with Crippen LogP contribution in [0.2, 0.25) is 0 Å². The average Bonchev–Trinajstić information content (AvgIpc) is 2.71. The molecule has 1 heterocycles. The normalized spacial score (nSPS) is 15.9. The van der Waals surface area contributed by atoms with Gasteiger partial charge in [0.15, 0.2) is 0 Å². The predicted molar refractivity (Wildman–Crippen MR) is 92.5 cm³/mol. The number of benzene rings is 1. The van der Waals surface area contributed by atoms with Gasteiger partial charge in [-0.05, 0) is 24.5 Å². The summed E-state index contributed by atoms with van der Waals surface area (Å²) in [7, 11) is 2.02. The van der Waals surface area contributed by atoms with E-state index in [0.29, 0.717) is 6.54 Å². The third-order valence-electron chi connectivity index (χ3n) is 4.19. The Kier molecular flexibility index (Phi) is 5.60. The molecular weight excluding hydrogens is 292 g/mol. The monoisotopic (exact) mass is 318 g/mol. The third kappa shape index (κ3) is 4.01. The summed E-state index contributed by atoms with van der Waals surface area (Å²) < 4.78 is 0. The fourth-order valence-corrected chi connectivity index (χ4v) is 2.66. The quantitative estimate of drug-likeness (QED) is 0.867. The summed E-state index contributed by atoms with van der Waals surface area (Å²) >= 11 is 0. The van der Waals surface area contributed by atoms with Crippen molar-refractivity contribution in [3.8, 4) is 0 Å². The zero-order chi connectivity index (χ0) is 17.0. The van der Waals surface area contributed by atoms with E-state index in [1.165, 1.54) is 0 Å². The number of amides is 2. The minimum Gasteiger partial charge on any atom is -0.373 e. The van der Waals surface area contributed by atoms with Crippen molar-refractivity contribution >= 4 is 23.2 Å². The van der Waals surface area contributed by atoms with Crippen LogP contribution in [0.5, 0.6) is 0 Å². The minimum absolute atomic E-state index is 0.0305. The van der Waals surface area contributed by atoms with Gasteiger partial charge in [0.2, 0.25) is 11.8 Å². The third-order valence-corrected chi connectivity index (χ3v) is 4.19. The number of nitrogens with one attached hydrogen (secondary N) is 1. The van der Waals surface area contributed by atoms with Crippen molar-refractivity contribution in [3.05, 3.63) is 24.3 Å². The Bertz CT molecular complexity index is 573. The van der Waals surface area contributed by atoms with Crippen LogP contribution in [-0.2, 0) is 9.59 Å². The van der Waals surface area contributed by atoms with E-state index in [0.717, 1.165) is 24.3 Å². The van der Waals surface area contributed by atoms with Crippen LogP contribution in [-0.4, -0.2) is 44.5 Å². The van der Waals surface area contributed by atoms with Gasteiger partial charge in [0.1, 0.15) is 0 Å². The molecule has 0 unspecified atom stereocenters. The largest absolute Gasteiger partial charge is 0.373 e. The molecule has 0 aromatic heterocycles. The molecule has 0 saturated carbocycles. The Hall–Kier alpha value is -2.08. The molecule has 1 aromatic rings. The molecule has 0 spiro atoms. The summed E-state index contributed by atoms with van der Waals surface area (Å²) in [6.07, 6.45) is 0.885. The Morgan fingerprint density at radius 2 is 1.87 bits per heavy atom. The summed E-state index contributed by atoms with van der Waals surface area (Å²) in [5.74, 6) is -0.358. The number of fused-ring (bicyclic) bond motifs is 1. The van der Waals surface area contributed by atoms with E-state index >= 15 is 0 Å². The Morgan fingerprint density at radius 1 is 1.22 bits per heavy atom. The van der Waals surface area contributed by atoms with Gasteiger partial charge in [-0.2, -0.15) is 0 Å². The topological polar surface area (TPSA) is 78.7 Å². The fraction of sp³-hybridized carbons (Fsp3) is 0.529. The van der Waals surface area contributed by atoms with Gasteiger partial charge in [-0.25, -0.2) is 0 Å². The maximum Gasteiger partial charge on any atom is 0.246 e. The first-order valence-electron chi connectivity index (χ1n) is 8.05. The second kappa shape index (κ2) is 7.46. The number of para-hydroxylation sites is 2. The van der Waals surface area contributed by atoms with Crippen molar-refractivity contribution in [2.75, 3.05) is 36.5 Å². The number of nitrogens with two attached hydrogens (primary N) is 1. The number of anilines is 2. The summed E-state index contributed by atoms with van der Waals surface area (Å²) in [6, 6.07) is 7.24. The van der Waals surface area contributed by atoms with E-state index in [-0.39, 0.29) is 24.3 Å². The standard InChI is InChI=1S/C17H26N4O2/c1-12(2)16(18)17(23)19-11-15(22)21-10-6-9-20(3)13-7-4-5-8-14(13)21/h4-5,7-8,12,16H,6,9-11,18H2,1-3H3,(H,19,23)/t16-/m0/s1. The highest BCUT2D eigenvalue weighted by Gasteiger charge is 2.24. The van der Waals surface area contributed by atoms with Crippen LogP contribution in [0.4, 0.5) is 11.4 Å². The van der Waals surface area contributed by atoms with Gasteiger partial charge in [0, 0.05) is 20.1 Å². The average molecular weight is 318 g/mol. The van der Waals surface area contributed by atoms with E-state index in [9.17, 15) is 9.59 Å². The smallest absolute Gasteiger partial charge is 0.246 e. The van der Waals surface area contributed by atoms with Gasteiger partial charge in [0.05, 0.1) is 24.0 Å². The summed E-state index contributed by atoms with van der Waals surface area (Å²) in [4.78, 5) is 28.4. The molecule has 23 heavy (non-hydrogen) atoms. The Labute approximate surface area is 137 Å².